The van der Waals surface area contributed by atoms with Crippen molar-refractivity contribution >= 4 is 52.1 Å². The summed E-state index contributed by atoms with van der Waals surface area (Å²) in [5.74, 6) is -2.34. The van der Waals surface area contributed by atoms with Gasteiger partial charge < -0.3 is 10.6 Å². The number of anilines is 3. The van der Waals surface area contributed by atoms with Crippen molar-refractivity contribution in [1.82, 2.24) is 0 Å². The van der Waals surface area contributed by atoms with E-state index in [0.717, 1.165) is 4.90 Å². The van der Waals surface area contributed by atoms with Gasteiger partial charge in [-0.1, -0.05) is 0 Å². The first-order valence-corrected chi connectivity index (χ1v) is 11.9. The van der Waals surface area contributed by atoms with Crippen LogP contribution < -0.4 is 15.5 Å². The van der Waals surface area contributed by atoms with E-state index < -0.39 is 33.5 Å². The Morgan fingerprint density at radius 2 is 1.02 bits per heavy atom. The van der Waals surface area contributed by atoms with Crippen LogP contribution in [0.15, 0.2) is 91.0 Å². The molecule has 0 saturated heterocycles. The summed E-state index contributed by atoms with van der Waals surface area (Å²) < 4.78 is 0. The van der Waals surface area contributed by atoms with Gasteiger partial charge in [-0.15, -0.1) is 0 Å². The maximum atomic E-state index is 13.2. The number of rotatable bonds is 7. The highest BCUT2D eigenvalue weighted by Gasteiger charge is 2.37. The van der Waals surface area contributed by atoms with Crippen LogP contribution in [0, 0.1) is 20.2 Å². The standard InChI is InChI=1S/C28H17N5O8/c34-25(29-18-4-10-21(11-5-18)32(38)39)16-1-8-20(9-2-16)31-27(36)23-14-3-17(15-24(23)28(31)37)26(35)30-19-6-12-22(13-7-19)33(40)41/h1-15H,(H,29,34)(H,30,35). The Labute approximate surface area is 230 Å². The Kier molecular flexibility index (Phi) is 6.75. The number of hydrogen-bond acceptors (Lipinski definition) is 8. The lowest BCUT2D eigenvalue weighted by Crippen LogP contribution is -2.29. The molecule has 0 bridgehead atoms. The fourth-order valence-corrected chi connectivity index (χ4v) is 4.12. The molecule has 0 radical (unpaired) electrons. The largest absolute Gasteiger partial charge is 0.322 e. The number of benzene rings is 4. The number of imide groups is 1. The van der Waals surface area contributed by atoms with Crippen molar-refractivity contribution in [3.63, 3.8) is 0 Å². The molecule has 5 rings (SSSR count). The molecule has 13 heteroatoms. The molecule has 0 saturated carbocycles. The lowest BCUT2D eigenvalue weighted by molar-refractivity contribution is -0.385. The number of nitro benzene ring substituents is 2. The van der Waals surface area contributed by atoms with Crippen LogP contribution in [0.1, 0.15) is 41.4 Å². The van der Waals surface area contributed by atoms with Gasteiger partial charge in [-0.2, -0.15) is 0 Å². The Hall–Kier alpha value is -6.24. The zero-order valence-electron chi connectivity index (χ0n) is 20.8. The van der Waals surface area contributed by atoms with Gasteiger partial charge in [0, 0.05) is 46.8 Å². The third-order valence-corrected chi connectivity index (χ3v) is 6.21. The van der Waals surface area contributed by atoms with Gasteiger partial charge in [-0.3, -0.25) is 39.4 Å². The number of fused-ring (bicyclic) bond motifs is 1. The molecule has 1 aliphatic rings. The Bertz CT molecular complexity index is 1750. The molecule has 2 N–H and O–H groups in total. The molecule has 4 amide bonds. The van der Waals surface area contributed by atoms with Crippen molar-refractivity contribution in [2.75, 3.05) is 15.5 Å². The Balaban J connectivity index is 1.29. The monoisotopic (exact) mass is 551 g/mol. The second-order valence-electron chi connectivity index (χ2n) is 8.77. The second-order valence-corrected chi connectivity index (χ2v) is 8.77. The van der Waals surface area contributed by atoms with Crippen LogP contribution in [-0.4, -0.2) is 33.5 Å². The molecular weight excluding hydrogens is 534 g/mol. The van der Waals surface area contributed by atoms with E-state index in [0.29, 0.717) is 11.4 Å². The van der Waals surface area contributed by atoms with Crippen molar-refractivity contribution in [2.45, 2.75) is 0 Å². The van der Waals surface area contributed by atoms with Crippen molar-refractivity contribution in [1.29, 1.82) is 0 Å². The van der Waals surface area contributed by atoms with Crippen molar-refractivity contribution < 1.29 is 29.0 Å². The van der Waals surface area contributed by atoms with E-state index in [1.54, 1.807) is 0 Å². The number of hydrogen-bond donors (Lipinski definition) is 2. The highest BCUT2D eigenvalue weighted by Crippen LogP contribution is 2.30. The lowest BCUT2D eigenvalue weighted by Gasteiger charge is -2.14. The molecule has 202 valence electrons. The molecular formula is C28H17N5O8. The maximum Gasteiger partial charge on any atom is 0.269 e. The van der Waals surface area contributed by atoms with E-state index in [-0.39, 0.29) is 39.3 Å². The minimum atomic E-state index is -0.655. The smallest absolute Gasteiger partial charge is 0.269 e. The van der Waals surface area contributed by atoms with Gasteiger partial charge in [0.25, 0.3) is 35.0 Å². The molecule has 1 heterocycles. The normalized spacial score (nSPS) is 12.0. The van der Waals surface area contributed by atoms with E-state index in [9.17, 15) is 39.4 Å². The highest BCUT2D eigenvalue weighted by molar-refractivity contribution is 6.34. The average Bonchev–Trinajstić information content (AvgIpc) is 3.22. The molecule has 1 aliphatic heterocycles. The van der Waals surface area contributed by atoms with E-state index in [1.165, 1.54) is 91.0 Å². The lowest BCUT2D eigenvalue weighted by atomic mass is 10.1. The van der Waals surface area contributed by atoms with Crippen LogP contribution in [0.2, 0.25) is 0 Å². The van der Waals surface area contributed by atoms with Gasteiger partial charge in [0.1, 0.15) is 0 Å². The average molecular weight is 551 g/mol. The minimum Gasteiger partial charge on any atom is -0.322 e. The second kappa shape index (κ2) is 10.5. The van der Waals surface area contributed by atoms with Crippen LogP contribution in [0.4, 0.5) is 28.4 Å². The van der Waals surface area contributed by atoms with Crippen LogP contribution in [0.5, 0.6) is 0 Å². The molecule has 13 nitrogen and oxygen atoms in total. The number of carbonyl (C=O) groups is 4. The summed E-state index contributed by atoms with van der Waals surface area (Å²) in [5.41, 5.74) is 1.04. The molecule has 0 unspecified atom stereocenters. The van der Waals surface area contributed by atoms with E-state index in [1.807, 2.05) is 0 Å². The summed E-state index contributed by atoms with van der Waals surface area (Å²) in [7, 11) is 0. The number of nitrogens with zero attached hydrogens (tertiary/aromatic N) is 3. The van der Waals surface area contributed by atoms with Crippen molar-refractivity contribution in [2.24, 2.45) is 0 Å². The zero-order valence-corrected chi connectivity index (χ0v) is 20.8. The van der Waals surface area contributed by atoms with E-state index in [2.05, 4.69) is 10.6 Å². The first-order valence-electron chi connectivity index (χ1n) is 11.9. The molecule has 0 aromatic heterocycles. The topological polar surface area (TPSA) is 182 Å². The summed E-state index contributed by atoms with van der Waals surface area (Å²) in [6.07, 6.45) is 0. The summed E-state index contributed by atoms with van der Waals surface area (Å²) >= 11 is 0. The number of nitrogens with one attached hydrogen (secondary N) is 2. The van der Waals surface area contributed by atoms with Crippen LogP contribution >= 0.6 is 0 Å². The number of carbonyl (C=O) groups excluding carboxylic acids is 4. The third-order valence-electron chi connectivity index (χ3n) is 6.21. The summed E-state index contributed by atoms with van der Waals surface area (Å²) in [6.45, 7) is 0. The van der Waals surface area contributed by atoms with Gasteiger partial charge in [0.15, 0.2) is 0 Å². The van der Waals surface area contributed by atoms with Gasteiger partial charge in [-0.05, 0) is 66.7 Å². The molecule has 4 aromatic carbocycles. The summed E-state index contributed by atoms with van der Waals surface area (Å²) in [4.78, 5) is 72.9. The zero-order chi connectivity index (χ0) is 29.3. The first-order chi connectivity index (χ1) is 19.6. The van der Waals surface area contributed by atoms with Crippen molar-refractivity contribution in [3.8, 4) is 0 Å². The molecule has 41 heavy (non-hydrogen) atoms. The number of non-ortho nitro benzene ring substituents is 2. The molecule has 0 atom stereocenters. The number of nitro groups is 2. The number of amides is 4. The highest BCUT2D eigenvalue weighted by atomic mass is 16.6. The fraction of sp³-hybridized carbons (Fsp3) is 0. The van der Waals surface area contributed by atoms with Crippen LogP contribution in [0.25, 0.3) is 0 Å². The molecule has 0 spiro atoms. The minimum absolute atomic E-state index is 0.0198. The first kappa shape index (κ1) is 26.4. The summed E-state index contributed by atoms with van der Waals surface area (Å²) in [5, 5.41) is 26.8. The Morgan fingerprint density at radius 3 is 1.51 bits per heavy atom. The SMILES string of the molecule is O=C(Nc1ccc([N+](=O)[O-])cc1)c1ccc(N2C(=O)c3ccc(C(=O)Nc4ccc([N+](=O)[O-])cc4)cc3C2=O)cc1. The summed E-state index contributed by atoms with van der Waals surface area (Å²) in [6, 6.07) is 20.3. The van der Waals surface area contributed by atoms with E-state index >= 15 is 0 Å². The predicted octanol–water partition coefficient (Wildman–Crippen LogP) is 4.81. The van der Waals surface area contributed by atoms with Gasteiger partial charge in [0.2, 0.25) is 0 Å². The van der Waals surface area contributed by atoms with Gasteiger partial charge in [0.05, 0.1) is 26.7 Å². The quantitative estimate of drug-likeness (QED) is 0.186. The molecule has 0 fully saturated rings. The predicted molar refractivity (Wildman–Crippen MR) is 146 cm³/mol. The molecule has 0 aliphatic carbocycles. The molecule has 4 aromatic rings. The van der Waals surface area contributed by atoms with E-state index in [4.69, 9.17) is 0 Å². The maximum absolute atomic E-state index is 13.2. The van der Waals surface area contributed by atoms with Gasteiger partial charge >= 0.3 is 0 Å². The van der Waals surface area contributed by atoms with Crippen LogP contribution in [0.3, 0.4) is 0 Å². The Morgan fingerprint density at radius 1 is 0.585 bits per heavy atom. The van der Waals surface area contributed by atoms with Crippen LogP contribution in [-0.2, 0) is 0 Å². The van der Waals surface area contributed by atoms with Crippen molar-refractivity contribution in [3.05, 3.63) is 133 Å². The third kappa shape index (κ3) is 5.22. The fourth-order valence-electron chi connectivity index (χ4n) is 4.12. The van der Waals surface area contributed by atoms with Gasteiger partial charge in [-0.25, -0.2) is 4.90 Å².